The van der Waals surface area contributed by atoms with Crippen LogP contribution in [0, 0.1) is 18.8 Å². The maximum atomic E-state index is 12.8. The lowest BCUT2D eigenvalue weighted by Crippen LogP contribution is -2.35. The number of para-hydroxylation sites is 1. The number of hydrogen-bond acceptors (Lipinski definition) is 3. The van der Waals surface area contributed by atoms with Gasteiger partial charge < -0.3 is 4.90 Å². The summed E-state index contributed by atoms with van der Waals surface area (Å²) in [6, 6.07) is 11.1. The Kier molecular flexibility index (Phi) is 3.71. The zero-order valence-electron chi connectivity index (χ0n) is 13.8. The van der Waals surface area contributed by atoms with Gasteiger partial charge in [0.05, 0.1) is 5.69 Å². The molecule has 2 atom stereocenters. The lowest BCUT2D eigenvalue weighted by molar-refractivity contribution is 0.0771. The zero-order valence-corrected chi connectivity index (χ0v) is 13.8. The summed E-state index contributed by atoms with van der Waals surface area (Å²) >= 11 is 0. The van der Waals surface area contributed by atoms with Crippen LogP contribution in [0.2, 0.25) is 0 Å². The highest BCUT2D eigenvalue weighted by Gasteiger charge is 2.39. The fourth-order valence-corrected chi connectivity index (χ4v) is 4.08. The number of nitrogens with zero attached hydrogens (tertiary/aromatic N) is 3. The third kappa shape index (κ3) is 2.54. The summed E-state index contributed by atoms with van der Waals surface area (Å²) in [5.74, 6) is 0.991. The average molecular weight is 323 g/mol. The van der Waals surface area contributed by atoms with Crippen LogP contribution in [0.4, 0.5) is 0 Å². The van der Waals surface area contributed by atoms with Crippen molar-refractivity contribution in [2.45, 2.75) is 26.2 Å². The summed E-state index contributed by atoms with van der Waals surface area (Å²) in [7, 11) is 0. The van der Waals surface area contributed by atoms with Crippen LogP contribution in [-0.2, 0) is 0 Å². The molecule has 4 rings (SSSR count). The Hall–Kier alpha value is -2.43. The molecule has 2 aliphatic rings. The number of hydrogen-bond donors (Lipinski definition) is 0. The fourth-order valence-electron chi connectivity index (χ4n) is 4.08. The smallest absolute Gasteiger partial charge is 0.278 e. The van der Waals surface area contributed by atoms with E-state index in [4.69, 9.17) is 0 Å². The third-order valence-electron chi connectivity index (χ3n) is 5.32. The van der Waals surface area contributed by atoms with Crippen molar-refractivity contribution in [3.8, 4) is 5.69 Å². The molecular formula is C19H21N3O2. The molecule has 0 N–H and O–H groups in total. The summed E-state index contributed by atoms with van der Waals surface area (Å²) in [6.45, 7) is 3.36. The lowest BCUT2D eigenvalue weighted by Gasteiger charge is -2.17. The van der Waals surface area contributed by atoms with Gasteiger partial charge in [-0.05, 0) is 43.7 Å². The first-order chi connectivity index (χ1) is 11.6. The molecule has 2 fully saturated rings. The van der Waals surface area contributed by atoms with Gasteiger partial charge in [0.25, 0.3) is 5.91 Å². The van der Waals surface area contributed by atoms with Crippen molar-refractivity contribution in [1.82, 2.24) is 14.7 Å². The molecule has 0 radical (unpaired) electrons. The van der Waals surface area contributed by atoms with E-state index in [-0.39, 0.29) is 17.0 Å². The van der Waals surface area contributed by atoms with E-state index < -0.39 is 0 Å². The van der Waals surface area contributed by atoms with Crippen LogP contribution < -0.4 is 5.43 Å². The Bertz CT molecular complexity index is 816. The number of rotatable bonds is 2. The quantitative estimate of drug-likeness (QED) is 0.853. The second-order valence-corrected chi connectivity index (χ2v) is 6.91. The van der Waals surface area contributed by atoms with Gasteiger partial charge in [0, 0.05) is 24.8 Å². The van der Waals surface area contributed by atoms with Gasteiger partial charge in [-0.1, -0.05) is 24.6 Å². The molecule has 24 heavy (non-hydrogen) atoms. The van der Waals surface area contributed by atoms with Crippen LogP contribution in [0.5, 0.6) is 0 Å². The minimum atomic E-state index is -0.290. The SMILES string of the molecule is Cc1cc(=O)c(C(=O)N2C[C@H]3CCC[C@@H]3C2)nn1-c1ccccc1. The van der Waals surface area contributed by atoms with Gasteiger partial charge in [-0.25, -0.2) is 4.68 Å². The minimum absolute atomic E-state index is 0.0319. The zero-order chi connectivity index (χ0) is 16.7. The van der Waals surface area contributed by atoms with Gasteiger partial charge in [0.15, 0.2) is 5.69 Å². The van der Waals surface area contributed by atoms with Crippen LogP contribution in [-0.4, -0.2) is 33.7 Å². The highest BCUT2D eigenvalue weighted by atomic mass is 16.2. The predicted molar refractivity (Wildman–Crippen MR) is 91.3 cm³/mol. The van der Waals surface area contributed by atoms with E-state index in [0.717, 1.165) is 24.5 Å². The molecule has 5 heteroatoms. The van der Waals surface area contributed by atoms with Gasteiger partial charge >= 0.3 is 0 Å². The van der Waals surface area contributed by atoms with E-state index in [1.807, 2.05) is 42.2 Å². The van der Waals surface area contributed by atoms with Crippen LogP contribution >= 0.6 is 0 Å². The molecular weight excluding hydrogens is 302 g/mol. The van der Waals surface area contributed by atoms with Crippen molar-refractivity contribution < 1.29 is 4.79 Å². The highest BCUT2D eigenvalue weighted by Crippen LogP contribution is 2.37. The third-order valence-corrected chi connectivity index (χ3v) is 5.32. The van der Waals surface area contributed by atoms with E-state index in [9.17, 15) is 9.59 Å². The highest BCUT2D eigenvalue weighted by molar-refractivity contribution is 5.92. The fraction of sp³-hybridized carbons (Fsp3) is 0.421. The minimum Gasteiger partial charge on any atom is -0.337 e. The first kappa shape index (κ1) is 15.1. The van der Waals surface area contributed by atoms with Crippen molar-refractivity contribution in [3.05, 3.63) is 58.0 Å². The first-order valence-corrected chi connectivity index (χ1v) is 8.59. The number of aryl methyl sites for hydroxylation is 1. The molecule has 2 heterocycles. The van der Waals surface area contributed by atoms with Crippen LogP contribution in [0.3, 0.4) is 0 Å². The van der Waals surface area contributed by atoms with Crippen molar-refractivity contribution in [2.24, 2.45) is 11.8 Å². The van der Waals surface area contributed by atoms with Gasteiger partial charge in [0.1, 0.15) is 0 Å². The van der Waals surface area contributed by atoms with Crippen molar-refractivity contribution in [3.63, 3.8) is 0 Å². The molecule has 5 nitrogen and oxygen atoms in total. The Morgan fingerprint density at radius 1 is 1.12 bits per heavy atom. The molecule has 124 valence electrons. The Balaban J connectivity index is 1.68. The summed E-state index contributed by atoms with van der Waals surface area (Å²) in [6.07, 6.45) is 3.66. The Morgan fingerprint density at radius 3 is 2.46 bits per heavy atom. The topological polar surface area (TPSA) is 55.2 Å². The molecule has 1 aromatic heterocycles. The Morgan fingerprint density at radius 2 is 1.79 bits per heavy atom. The number of fused-ring (bicyclic) bond motifs is 1. The molecule has 0 unspecified atom stereocenters. The maximum absolute atomic E-state index is 12.8. The van der Waals surface area contributed by atoms with Crippen LogP contribution in [0.15, 0.2) is 41.2 Å². The van der Waals surface area contributed by atoms with Gasteiger partial charge in [-0.2, -0.15) is 5.10 Å². The molecule has 0 bridgehead atoms. The number of benzene rings is 1. The second-order valence-electron chi connectivity index (χ2n) is 6.91. The number of carbonyl (C=O) groups excluding carboxylic acids is 1. The molecule has 1 saturated heterocycles. The molecule has 1 aromatic carbocycles. The number of carbonyl (C=O) groups is 1. The van der Waals surface area contributed by atoms with Crippen molar-refractivity contribution >= 4 is 5.91 Å². The summed E-state index contributed by atoms with van der Waals surface area (Å²) in [4.78, 5) is 27.0. The number of likely N-dealkylation sites (tertiary alicyclic amines) is 1. The normalized spacial score (nSPS) is 22.6. The number of amides is 1. The molecule has 0 spiro atoms. The predicted octanol–water partition coefficient (Wildman–Crippen LogP) is 2.41. The molecule has 1 aliphatic heterocycles. The Labute approximate surface area is 140 Å². The van der Waals surface area contributed by atoms with Crippen LogP contribution in [0.25, 0.3) is 5.69 Å². The average Bonchev–Trinajstić information content (AvgIpc) is 3.17. The van der Waals surface area contributed by atoms with E-state index in [0.29, 0.717) is 11.8 Å². The van der Waals surface area contributed by atoms with Gasteiger partial charge in [-0.15, -0.1) is 0 Å². The van der Waals surface area contributed by atoms with E-state index in [1.54, 1.807) is 4.68 Å². The van der Waals surface area contributed by atoms with Crippen molar-refractivity contribution in [1.29, 1.82) is 0 Å². The van der Waals surface area contributed by atoms with E-state index >= 15 is 0 Å². The lowest BCUT2D eigenvalue weighted by atomic mass is 10.0. The molecule has 1 aliphatic carbocycles. The van der Waals surface area contributed by atoms with Crippen LogP contribution in [0.1, 0.15) is 35.4 Å². The summed E-state index contributed by atoms with van der Waals surface area (Å²) in [5.41, 5.74) is 1.31. The van der Waals surface area contributed by atoms with E-state index in [1.165, 1.54) is 25.3 Å². The summed E-state index contributed by atoms with van der Waals surface area (Å²) in [5, 5.41) is 4.39. The van der Waals surface area contributed by atoms with Gasteiger partial charge in [-0.3, -0.25) is 9.59 Å². The summed E-state index contributed by atoms with van der Waals surface area (Å²) < 4.78 is 1.67. The monoisotopic (exact) mass is 323 g/mol. The molecule has 1 saturated carbocycles. The maximum Gasteiger partial charge on any atom is 0.278 e. The van der Waals surface area contributed by atoms with Crippen molar-refractivity contribution in [2.75, 3.05) is 13.1 Å². The van der Waals surface area contributed by atoms with Gasteiger partial charge in [0.2, 0.25) is 5.43 Å². The largest absolute Gasteiger partial charge is 0.337 e. The first-order valence-electron chi connectivity index (χ1n) is 8.59. The second kappa shape index (κ2) is 5.89. The molecule has 2 aromatic rings. The molecule has 1 amide bonds. The number of aromatic nitrogens is 2. The standard InChI is InChI=1S/C19H21N3O2/c1-13-10-17(23)18(20-22(13)16-8-3-2-4-9-16)19(24)21-11-14-6-5-7-15(14)12-21/h2-4,8-10,14-15H,5-7,11-12H2,1H3/t14-,15-/m1/s1. The van der Waals surface area contributed by atoms with E-state index in [2.05, 4.69) is 5.10 Å².